The third-order valence-corrected chi connectivity index (χ3v) is 5.39. The number of hydrogen-bond acceptors (Lipinski definition) is 5. The predicted octanol–water partition coefficient (Wildman–Crippen LogP) is 2.01. The van der Waals surface area contributed by atoms with E-state index < -0.39 is 5.97 Å². The number of thioether (sulfide) groups is 1. The normalized spacial score (nSPS) is 17.5. The van der Waals surface area contributed by atoms with Gasteiger partial charge in [-0.1, -0.05) is 23.9 Å². The van der Waals surface area contributed by atoms with Gasteiger partial charge < -0.3 is 14.6 Å². The van der Waals surface area contributed by atoms with E-state index in [4.69, 9.17) is 5.11 Å². The smallest absolute Gasteiger partial charge is 0.335 e. The molecule has 1 aliphatic rings. The summed E-state index contributed by atoms with van der Waals surface area (Å²) in [6.45, 7) is 1.37. The van der Waals surface area contributed by atoms with E-state index in [1.807, 2.05) is 18.0 Å². The average molecular weight is 360 g/mol. The molecule has 2 heterocycles. The minimum absolute atomic E-state index is 0.0760. The Morgan fingerprint density at radius 1 is 1.40 bits per heavy atom. The Bertz CT molecular complexity index is 777. The van der Waals surface area contributed by atoms with E-state index in [-0.39, 0.29) is 11.8 Å². The Balaban J connectivity index is 1.62. The first kappa shape index (κ1) is 17.5. The molecule has 25 heavy (non-hydrogen) atoms. The van der Waals surface area contributed by atoms with E-state index in [0.29, 0.717) is 17.9 Å². The van der Waals surface area contributed by atoms with Gasteiger partial charge in [-0.25, -0.2) is 4.79 Å². The van der Waals surface area contributed by atoms with Crippen LogP contribution in [0, 0.1) is 0 Å². The fourth-order valence-corrected chi connectivity index (χ4v) is 3.81. The van der Waals surface area contributed by atoms with E-state index >= 15 is 0 Å². The van der Waals surface area contributed by atoms with Crippen molar-refractivity contribution in [3.05, 3.63) is 41.7 Å². The maximum Gasteiger partial charge on any atom is 0.335 e. The van der Waals surface area contributed by atoms with Gasteiger partial charge in [0.25, 0.3) is 0 Å². The van der Waals surface area contributed by atoms with Crippen LogP contribution in [0.3, 0.4) is 0 Å². The summed E-state index contributed by atoms with van der Waals surface area (Å²) in [7, 11) is 1.85. The maximum atomic E-state index is 12.5. The summed E-state index contributed by atoms with van der Waals surface area (Å²) in [5.74, 6) is -0.344. The zero-order valence-electron chi connectivity index (χ0n) is 14.0. The molecule has 1 unspecified atom stereocenters. The summed E-state index contributed by atoms with van der Waals surface area (Å²) >= 11 is 1.38. The number of aromatic carboxylic acids is 1. The second kappa shape index (κ2) is 7.69. The molecular weight excluding hydrogens is 340 g/mol. The number of nitrogens with zero attached hydrogens (tertiary/aromatic N) is 4. The highest BCUT2D eigenvalue weighted by Crippen LogP contribution is 2.28. The number of rotatable bonds is 5. The van der Waals surface area contributed by atoms with Crippen molar-refractivity contribution in [2.24, 2.45) is 7.05 Å². The Kier molecular flexibility index (Phi) is 5.37. The van der Waals surface area contributed by atoms with E-state index in [0.717, 1.165) is 30.1 Å². The largest absolute Gasteiger partial charge is 0.478 e. The van der Waals surface area contributed by atoms with Gasteiger partial charge in [0.05, 0.1) is 11.3 Å². The molecule has 0 aliphatic carbocycles. The number of aromatic nitrogens is 3. The van der Waals surface area contributed by atoms with Crippen molar-refractivity contribution in [3.8, 4) is 0 Å². The highest BCUT2D eigenvalue weighted by Gasteiger charge is 2.25. The molecule has 1 fully saturated rings. The summed E-state index contributed by atoms with van der Waals surface area (Å²) in [5.41, 5.74) is 1.28. The first-order chi connectivity index (χ1) is 12.0. The van der Waals surface area contributed by atoms with E-state index in [2.05, 4.69) is 10.2 Å². The molecule has 1 N–H and O–H groups in total. The van der Waals surface area contributed by atoms with Crippen LogP contribution in [0.1, 0.15) is 34.7 Å². The zero-order valence-corrected chi connectivity index (χ0v) is 14.8. The number of benzene rings is 1. The van der Waals surface area contributed by atoms with Gasteiger partial charge >= 0.3 is 5.97 Å². The number of aryl methyl sites for hydroxylation is 1. The molecule has 0 saturated carbocycles. The molecule has 1 aromatic carbocycles. The van der Waals surface area contributed by atoms with Crippen molar-refractivity contribution in [3.63, 3.8) is 0 Å². The molecule has 0 bridgehead atoms. The van der Waals surface area contributed by atoms with Gasteiger partial charge in [-0.2, -0.15) is 0 Å². The SMILES string of the molecule is Cn1cnnc1SCC(=O)N1CCCC(c2cccc(C(=O)O)c2)C1. The molecule has 1 atom stereocenters. The highest BCUT2D eigenvalue weighted by atomic mass is 32.2. The number of hydrogen-bond donors (Lipinski definition) is 1. The van der Waals surface area contributed by atoms with Crippen molar-refractivity contribution >= 4 is 23.6 Å². The molecule has 0 spiro atoms. The molecule has 1 aliphatic heterocycles. The van der Waals surface area contributed by atoms with Crippen LogP contribution in [-0.4, -0.2) is 55.5 Å². The maximum absolute atomic E-state index is 12.5. The third-order valence-electron chi connectivity index (χ3n) is 4.37. The number of carboxylic acid groups (broad SMARTS) is 1. The lowest BCUT2D eigenvalue weighted by atomic mass is 9.89. The van der Waals surface area contributed by atoms with Gasteiger partial charge in [0.1, 0.15) is 6.33 Å². The predicted molar refractivity (Wildman–Crippen MR) is 93.7 cm³/mol. The second-order valence-electron chi connectivity index (χ2n) is 6.12. The van der Waals surface area contributed by atoms with Crippen LogP contribution in [0.15, 0.2) is 35.7 Å². The fraction of sp³-hybridized carbons (Fsp3) is 0.412. The van der Waals surface area contributed by atoms with Gasteiger partial charge in [-0.05, 0) is 30.5 Å². The first-order valence-electron chi connectivity index (χ1n) is 8.12. The van der Waals surface area contributed by atoms with Crippen LogP contribution in [0.25, 0.3) is 0 Å². The molecule has 0 radical (unpaired) electrons. The fourth-order valence-electron chi connectivity index (χ4n) is 3.02. The lowest BCUT2D eigenvalue weighted by molar-refractivity contribution is -0.129. The quantitative estimate of drug-likeness (QED) is 0.821. The summed E-state index contributed by atoms with van der Waals surface area (Å²) in [6, 6.07) is 7.02. The molecule has 1 amide bonds. The lowest BCUT2D eigenvalue weighted by Gasteiger charge is -2.33. The molecule has 1 saturated heterocycles. The summed E-state index contributed by atoms with van der Waals surface area (Å²) in [5, 5.41) is 17.6. The molecular formula is C17H20N4O3S. The summed E-state index contributed by atoms with van der Waals surface area (Å²) in [4.78, 5) is 25.5. The van der Waals surface area contributed by atoms with Gasteiger partial charge in [-0.15, -0.1) is 10.2 Å². The van der Waals surface area contributed by atoms with Crippen LogP contribution < -0.4 is 0 Å². The van der Waals surface area contributed by atoms with E-state index in [1.54, 1.807) is 29.1 Å². The van der Waals surface area contributed by atoms with Gasteiger partial charge in [-0.3, -0.25) is 4.79 Å². The zero-order chi connectivity index (χ0) is 17.8. The van der Waals surface area contributed by atoms with Crippen LogP contribution in [-0.2, 0) is 11.8 Å². The average Bonchev–Trinajstić information content (AvgIpc) is 3.05. The van der Waals surface area contributed by atoms with E-state index in [1.165, 1.54) is 11.8 Å². The Morgan fingerprint density at radius 3 is 2.96 bits per heavy atom. The summed E-state index contributed by atoms with van der Waals surface area (Å²) in [6.07, 6.45) is 3.49. The lowest BCUT2D eigenvalue weighted by Crippen LogP contribution is -2.40. The number of amides is 1. The minimum Gasteiger partial charge on any atom is -0.478 e. The number of carboxylic acids is 1. The van der Waals surface area contributed by atoms with Crippen molar-refractivity contribution in [1.82, 2.24) is 19.7 Å². The molecule has 7 nitrogen and oxygen atoms in total. The number of piperidine rings is 1. The first-order valence-corrected chi connectivity index (χ1v) is 9.11. The van der Waals surface area contributed by atoms with Crippen LogP contribution in [0.4, 0.5) is 0 Å². The monoisotopic (exact) mass is 360 g/mol. The van der Waals surface area contributed by atoms with Gasteiger partial charge in [0.2, 0.25) is 5.91 Å². The third kappa shape index (κ3) is 4.19. The molecule has 8 heteroatoms. The Morgan fingerprint density at radius 2 is 2.24 bits per heavy atom. The van der Waals surface area contributed by atoms with Gasteiger partial charge in [0, 0.05) is 26.1 Å². The van der Waals surface area contributed by atoms with Crippen molar-refractivity contribution in [2.75, 3.05) is 18.8 Å². The second-order valence-corrected chi connectivity index (χ2v) is 7.07. The van der Waals surface area contributed by atoms with Crippen molar-refractivity contribution < 1.29 is 14.7 Å². The number of carbonyl (C=O) groups is 2. The van der Waals surface area contributed by atoms with Crippen molar-refractivity contribution in [1.29, 1.82) is 0 Å². The van der Waals surface area contributed by atoms with Gasteiger partial charge in [0.15, 0.2) is 5.16 Å². The van der Waals surface area contributed by atoms with Crippen LogP contribution in [0.5, 0.6) is 0 Å². The number of likely N-dealkylation sites (tertiary alicyclic amines) is 1. The highest BCUT2D eigenvalue weighted by molar-refractivity contribution is 7.99. The van der Waals surface area contributed by atoms with Crippen LogP contribution >= 0.6 is 11.8 Å². The summed E-state index contributed by atoms with van der Waals surface area (Å²) < 4.78 is 1.79. The number of carbonyl (C=O) groups excluding carboxylic acids is 1. The van der Waals surface area contributed by atoms with E-state index in [9.17, 15) is 9.59 Å². The topological polar surface area (TPSA) is 88.3 Å². The molecule has 2 aromatic rings. The van der Waals surface area contributed by atoms with Crippen LogP contribution in [0.2, 0.25) is 0 Å². The molecule has 1 aromatic heterocycles. The van der Waals surface area contributed by atoms with Crippen molar-refractivity contribution in [2.45, 2.75) is 23.9 Å². The molecule has 132 valence electrons. The Labute approximate surface area is 150 Å². The minimum atomic E-state index is -0.925. The Hall–Kier alpha value is -2.35. The standard InChI is InChI=1S/C17H20N4O3S/c1-20-11-18-19-17(20)25-10-15(22)21-7-3-6-14(9-21)12-4-2-5-13(8-12)16(23)24/h2,4-5,8,11,14H,3,6-7,9-10H2,1H3,(H,23,24). The molecule has 3 rings (SSSR count).